The highest BCUT2D eigenvalue weighted by Crippen LogP contribution is 2.30. The number of rotatable bonds is 0. The van der Waals surface area contributed by atoms with Gasteiger partial charge in [-0.25, -0.2) is 0 Å². The van der Waals surface area contributed by atoms with E-state index in [4.69, 9.17) is 0 Å². The zero-order valence-corrected chi connectivity index (χ0v) is 11.6. The maximum Gasteiger partial charge on any atom is 0.0459 e. The lowest BCUT2D eigenvalue weighted by atomic mass is 9.86. The predicted molar refractivity (Wildman–Crippen MR) is 77.0 cm³/mol. The van der Waals surface area contributed by atoms with Crippen LogP contribution in [0.1, 0.15) is 44.0 Å². The third-order valence-corrected chi connectivity index (χ3v) is 3.94. The van der Waals surface area contributed by atoms with Gasteiger partial charge < -0.3 is 10.3 Å². The van der Waals surface area contributed by atoms with Crippen LogP contribution in [0.15, 0.2) is 18.2 Å². The van der Waals surface area contributed by atoms with Crippen LogP contribution in [0.5, 0.6) is 0 Å². The van der Waals surface area contributed by atoms with Gasteiger partial charge in [0.2, 0.25) is 0 Å². The molecule has 1 aromatic carbocycles. The van der Waals surface area contributed by atoms with Crippen molar-refractivity contribution in [1.82, 2.24) is 10.3 Å². The molecule has 1 aliphatic rings. The van der Waals surface area contributed by atoms with Gasteiger partial charge in [0.25, 0.3) is 0 Å². The Morgan fingerprint density at radius 1 is 1.17 bits per heavy atom. The van der Waals surface area contributed by atoms with Crippen LogP contribution in [0.25, 0.3) is 10.9 Å². The highest BCUT2D eigenvalue weighted by atomic mass is 14.9. The Morgan fingerprint density at radius 2 is 2.00 bits per heavy atom. The number of aryl methyl sites for hydroxylation is 1. The first-order valence-corrected chi connectivity index (χ1v) is 6.90. The van der Waals surface area contributed by atoms with E-state index >= 15 is 0 Å². The van der Waals surface area contributed by atoms with Crippen molar-refractivity contribution >= 4 is 10.9 Å². The quantitative estimate of drug-likeness (QED) is 0.727. The monoisotopic (exact) mass is 242 g/mol. The molecule has 0 aliphatic carbocycles. The molecular weight excluding hydrogens is 220 g/mol. The van der Waals surface area contributed by atoms with Crippen LogP contribution < -0.4 is 5.32 Å². The van der Waals surface area contributed by atoms with Crippen molar-refractivity contribution in [3.8, 4) is 0 Å². The van der Waals surface area contributed by atoms with E-state index in [-0.39, 0.29) is 5.41 Å². The van der Waals surface area contributed by atoms with E-state index in [1.807, 2.05) is 0 Å². The Hall–Kier alpha value is -1.28. The maximum atomic E-state index is 3.59. The fraction of sp³-hybridized carbons (Fsp3) is 0.500. The Morgan fingerprint density at radius 3 is 2.78 bits per heavy atom. The molecular formula is C16H22N2. The van der Waals surface area contributed by atoms with E-state index in [1.165, 1.54) is 40.6 Å². The van der Waals surface area contributed by atoms with Crippen LogP contribution in [0.4, 0.5) is 0 Å². The number of hydrogen-bond donors (Lipinski definition) is 2. The summed E-state index contributed by atoms with van der Waals surface area (Å²) in [7, 11) is 0. The van der Waals surface area contributed by atoms with E-state index in [2.05, 4.69) is 49.3 Å². The van der Waals surface area contributed by atoms with Gasteiger partial charge in [0.05, 0.1) is 0 Å². The van der Waals surface area contributed by atoms with Gasteiger partial charge in [-0.1, -0.05) is 26.8 Å². The molecule has 0 saturated heterocycles. The van der Waals surface area contributed by atoms with Gasteiger partial charge in [0.15, 0.2) is 0 Å². The van der Waals surface area contributed by atoms with Crippen LogP contribution in [0.3, 0.4) is 0 Å². The predicted octanol–water partition coefficient (Wildman–Crippen LogP) is 3.50. The lowest BCUT2D eigenvalue weighted by Gasteiger charge is -2.19. The number of aromatic nitrogens is 1. The zero-order chi connectivity index (χ0) is 12.8. The molecule has 2 N–H and O–H groups in total. The number of hydrogen-bond acceptors (Lipinski definition) is 1. The minimum atomic E-state index is 0.219. The van der Waals surface area contributed by atoms with E-state index in [1.54, 1.807) is 0 Å². The number of H-pyrrole nitrogens is 1. The molecule has 0 saturated carbocycles. The van der Waals surface area contributed by atoms with Gasteiger partial charge >= 0.3 is 0 Å². The van der Waals surface area contributed by atoms with Crippen molar-refractivity contribution in [3.05, 3.63) is 35.0 Å². The van der Waals surface area contributed by atoms with Crippen LogP contribution in [0.2, 0.25) is 0 Å². The van der Waals surface area contributed by atoms with Crippen molar-refractivity contribution in [2.24, 2.45) is 0 Å². The number of nitrogens with one attached hydrogen (secondary N) is 2. The van der Waals surface area contributed by atoms with Crippen molar-refractivity contribution in [3.63, 3.8) is 0 Å². The second kappa shape index (κ2) is 4.13. The first kappa shape index (κ1) is 11.8. The Balaban J connectivity index is 2.17. The third-order valence-electron chi connectivity index (χ3n) is 3.94. The maximum absolute atomic E-state index is 3.59. The summed E-state index contributed by atoms with van der Waals surface area (Å²) in [6, 6.07) is 6.87. The molecule has 2 heteroatoms. The first-order valence-electron chi connectivity index (χ1n) is 6.90. The fourth-order valence-corrected chi connectivity index (χ4v) is 2.79. The number of fused-ring (bicyclic) bond motifs is 3. The molecule has 0 unspecified atom stereocenters. The van der Waals surface area contributed by atoms with Crippen LogP contribution >= 0.6 is 0 Å². The van der Waals surface area contributed by atoms with E-state index in [9.17, 15) is 0 Å². The highest BCUT2D eigenvalue weighted by Gasteiger charge is 2.18. The van der Waals surface area contributed by atoms with Crippen LogP contribution in [-0.4, -0.2) is 11.5 Å². The summed E-state index contributed by atoms with van der Waals surface area (Å²) in [4.78, 5) is 3.59. The second-order valence-electron chi connectivity index (χ2n) is 6.37. The van der Waals surface area contributed by atoms with E-state index in [0.717, 1.165) is 13.1 Å². The van der Waals surface area contributed by atoms with Crippen molar-refractivity contribution in [2.45, 2.75) is 45.6 Å². The molecule has 0 atom stereocenters. The molecule has 2 aromatic rings. The average molecular weight is 242 g/mol. The fourth-order valence-electron chi connectivity index (χ4n) is 2.79. The molecule has 96 valence electrons. The summed E-state index contributed by atoms with van der Waals surface area (Å²) in [5.41, 5.74) is 5.84. The second-order valence-corrected chi connectivity index (χ2v) is 6.37. The molecule has 0 bridgehead atoms. The molecule has 1 aliphatic heterocycles. The highest BCUT2D eigenvalue weighted by molar-refractivity contribution is 5.85. The lowest BCUT2D eigenvalue weighted by Crippen LogP contribution is -2.12. The third kappa shape index (κ3) is 1.95. The smallest absolute Gasteiger partial charge is 0.0459 e. The molecule has 1 aromatic heterocycles. The van der Waals surface area contributed by atoms with Crippen LogP contribution in [-0.2, 0) is 18.4 Å². The average Bonchev–Trinajstić information content (AvgIpc) is 2.50. The Bertz CT molecular complexity index is 573. The minimum Gasteiger partial charge on any atom is -0.358 e. The molecule has 0 spiro atoms. The van der Waals surface area contributed by atoms with Gasteiger partial charge in [-0.3, -0.25) is 0 Å². The summed E-state index contributed by atoms with van der Waals surface area (Å²) in [6.07, 6.45) is 2.40. The molecule has 0 fully saturated rings. The van der Waals surface area contributed by atoms with Crippen molar-refractivity contribution in [2.75, 3.05) is 6.54 Å². The SMILES string of the molecule is CC(C)(C)c1ccc2[nH]c3c(c2c1)CNCCC3. The zero-order valence-electron chi connectivity index (χ0n) is 11.6. The molecule has 0 amide bonds. The van der Waals surface area contributed by atoms with Gasteiger partial charge in [-0.05, 0) is 48.1 Å². The molecule has 0 radical (unpaired) electrons. The molecule has 3 rings (SSSR count). The Kier molecular flexibility index (Phi) is 2.70. The van der Waals surface area contributed by atoms with Gasteiger partial charge in [-0.15, -0.1) is 0 Å². The van der Waals surface area contributed by atoms with Crippen molar-refractivity contribution < 1.29 is 0 Å². The van der Waals surface area contributed by atoms with E-state index in [0.29, 0.717) is 0 Å². The summed E-state index contributed by atoms with van der Waals surface area (Å²) in [5.74, 6) is 0. The lowest BCUT2D eigenvalue weighted by molar-refractivity contribution is 0.591. The first-order chi connectivity index (χ1) is 8.55. The topological polar surface area (TPSA) is 27.8 Å². The van der Waals surface area contributed by atoms with Gasteiger partial charge in [0, 0.05) is 23.1 Å². The molecule has 18 heavy (non-hydrogen) atoms. The summed E-state index contributed by atoms with van der Waals surface area (Å²) < 4.78 is 0. The summed E-state index contributed by atoms with van der Waals surface area (Å²) in [6.45, 7) is 8.96. The van der Waals surface area contributed by atoms with E-state index < -0.39 is 0 Å². The standard InChI is InChI=1S/C16H22N2/c1-16(2,3)11-6-7-15-12(9-11)13-10-17-8-4-5-14(13)18-15/h6-7,9,17-18H,4-5,8,10H2,1-3H3. The number of aromatic amines is 1. The molecule has 2 nitrogen and oxygen atoms in total. The summed E-state index contributed by atoms with van der Waals surface area (Å²) >= 11 is 0. The van der Waals surface area contributed by atoms with Gasteiger partial charge in [-0.2, -0.15) is 0 Å². The number of benzene rings is 1. The molecule has 2 heterocycles. The normalized spacial score (nSPS) is 16.6. The minimum absolute atomic E-state index is 0.219. The Labute approximate surface area is 109 Å². The summed E-state index contributed by atoms with van der Waals surface area (Å²) in [5, 5.41) is 4.93. The van der Waals surface area contributed by atoms with Crippen molar-refractivity contribution in [1.29, 1.82) is 0 Å². The van der Waals surface area contributed by atoms with Crippen LogP contribution in [0, 0.1) is 0 Å². The largest absolute Gasteiger partial charge is 0.358 e. The van der Waals surface area contributed by atoms with Gasteiger partial charge in [0.1, 0.15) is 0 Å².